The largest absolute Gasteiger partial charge is 0.481 e. The fourth-order valence-electron chi connectivity index (χ4n) is 2.73. The van der Waals surface area contributed by atoms with Gasteiger partial charge in [0.05, 0.1) is 16.8 Å². The number of hydrogen-bond acceptors (Lipinski definition) is 6. The minimum Gasteiger partial charge on any atom is -0.481 e. The number of carbonyl (C=O) groups is 3. The summed E-state index contributed by atoms with van der Waals surface area (Å²) in [7, 11) is 0. The second-order valence-electron chi connectivity index (χ2n) is 6.07. The van der Waals surface area contributed by atoms with Gasteiger partial charge in [0.25, 0.3) is 5.91 Å². The molecule has 10 heteroatoms. The van der Waals surface area contributed by atoms with Crippen molar-refractivity contribution in [2.24, 2.45) is 0 Å². The highest BCUT2D eigenvalue weighted by Gasteiger charge is 2.41. The van der Waals surface area contributed by atoms with Crippen molar-refractivity contribution in [3.63, 3.8) is 0 Å². The average molecular weight is 437 g/mol. The molecular weight excluding hydrogens is 424 g/mol. The monoisotopic (exact) mass is 436 g/mol. The van der Waals surface area contributed by atoms with Crippen molar-refractivity contribution >= 4 is 74.7 Å². The number of aliphatic carboxylic acids is 2. The Morgan fingerprint density at radius 2 is 2.07 bits per heavy atom. The quantitative estimate of drug-likeness (QED) is 0.417. The molecule has 1 saturated heterocycles. The van der Waals surface area contributed by atoms with E-state index in [0.29, 0.717) is 11.1 Å². The van der Waals surface area contributed by atoms with E-state index in [9.17, 15) is 19.5 Å². The standard InChI is InChI=1S/C18H13ClN2O5S2/c1-8-2-3-11-9(4-8)5-10(15(19)20-11)6-13-16(24)21(18(27)28-13)12(17(25)26)7-14(22)23/h2-6,12H,7H2,1H3,(H,22,23)(H,25,26). The van der Waals surface area contributed by atoms with Crippen LogP contribution in [0.4, 0.5) is 0 Å². The van der Waals surface area contributed by atoms with E-state index >= 15 is 0 Å². The number of carboxylic acid groups (broad SMARTS) is 2. The number of rotatable bonds is 5. The van der Waals surface area contributed by atoms with Crippen molar-refractivity contribution < 1.29 is 24.6 Å². The summed E-state index contributed by atoms with van der Waals surface area (Å²) in [5.74, 6) is -3.47. The third kappa shape index (κ3) is 4.01. The first-order valence-corrected chi connectivity index (χ1v) is 9.56. The van der Waals surface area contributed by atoms with E-state index in [1.54, 1.807) is 6.07 Å². The lowest BCUT2D eigenvalue weighted by Gasteiger charge is -2.21. The SMILES string of the molecule is Cc1ccc2nc(Cl)c(C=C3SC(=S)N(C(CC(=O)O)C(=O)O)C3=O)cc2c1. The van der Waals surface area contributed by atoms with Gasteiger partial charge in [-0.1, -0.05) is 47.2 Å². The Balaban J connectivity index is 1.99. The number of thioether (sulfide) groups is 1. The number of thiocarbonyl (C=S) groups is 1. The van der Waals surface area contributed by atoms with Crippen LogP contribution in [-0.2, 0) is 14.4 Å². The summed E-state index contributed by atoms with van der Waals surface area (Å²) in [4.78, 5) is 40.4. The molecule has 1 aliphatic heterocycles. The Morgan fingerprint density at radius 3 is 2.71 bits per heavy atom. The molecule has 1 aromatic heterocycles. The van der Waals surface area contributed by atoms with Gasteiger partial charge in [0, 0.05) is 10.9 Å². The van der Waals surface area contributed by atoms with Gasteiger partial charge in [0.2, 0.25) is 0 Å². The van der Waals surface area contributed by atoms with Gasteiger partial charge >= 0.3 is 11.9 Å². The van der Waals surface area contributed by atoms with Crippen LogP contribution in [0.2, 0.25) is 5.15 Å². The minimum atomic E-state index is -1.58. The second kappa shape index (κ2) is 7.86. The Morgan fingerprint density at radius 1 is 1.36 bits per heavy atom. The van der Waals surface area contributed by atoms with E-state index in [4.69, 9.17) is 28.9 Å². The highest BCUT2D eigenvalue weighted by atomic mass is 35.5. The summed E-state index contributed by atoms with van der Waals surface area (Å²) in [5.41, 5.74) is 2.21. The minimum absolute atomic E-state index is 0.0226. The molecular formula is C18H13ClN2O5S2. The fourth-order valence-corrected chi connectivity index (χ4v) is 4.28. The van der Waals surface area contributed by atoms with Crippen molar-refractivity contribution in [3.8, 4) is 0 Å². The van der Waals surface area contributed by atoms with Crippen molar-refractivity contribution in [1.82, 2.24) is 9.88 Å². The molecule has 1 unspecified atom stereocenters. The Hall–Kier alpha value is -2.49. The molecule has 1 aliphatic rings. The molecule has 0 saturated carbocycles. The number of benzene rings is 1. The Bertz CT molecular complexity index is 1070. The van der Waals surface area contributed by atoms with Crippen molar-refractivity contribution in [2.45, 2.75) is 19.4 Å². The molecule has 1 fully saturated rings. The smallest absolute Gasteiger partial charge is 0.327 e. The molecule has 0 radical (unpaired) electrons. The molecule has 2 N–H and O–H groups in total. The van der Waals surface area contributed by atoms with Crippen molar-refractivity contribution in [2.75, 3.05) is 0 Å². The van der Waals surface area contributed by atoms with Crippen LogP contribution in [0.15, 0.2) is 29.2 Å². The van der Waals surface area contributed by atoms with E-state index in [0.717, 1.165) is 27.6 Å². The number of halogens is 1. The first-order valence-electron chi connectivity index (χ1n) is 7.96. The van der Waals surface area contributed by atoms with Gasteiger partial charge in [-0.25, -0.2) is 9.78 Å². The van der Waals surface area contributed by atoms with Crippen molar-refractivity contribution in [3.05, 3.63) is 45.5 Å². The van der Waals surface area contributed by atoms with Crippen molar-refractivity contribution in [1.29, 1.82) is 0 Å². The van der Waals surface area contributed by atoms with Gasteiger partial charge in [0.1, 0.15) is 15.5 Å². The van der Waals surface area contributed by atoms with Gasteiger partial charge < -0.3 is 10.2 Å². The molecule has 3 rings (SSSR count). The zero-order valence-corrected chi connectivity index (χ0v) is 16.8. The van der Waals surface area contributed by atoms with Gasteiger partial charge in [-0.15, -0.1) is 0 Å². The lowest BCUT2D eigenvalue weighted by atomic mass is 10.1. The summed E-state index contributed by atoms with van der Waals surface area (Å²) in [6.45, 7) is 1.94. The number of amides is 1. The summed E-state index contributed by atoms with van der Waals surface area (Å²) in [5, 5.41) is 19.3. The number of nitrogens with zero attached hydrogens (tertiary/aromatic N) is 2. The molecule has 144 valence electrons. The molecule has 28 heavy (non-hydrogen) atoms. The molecule has 0 bridgehead atoms. The number of aromatic nitrogens is 1. The zero-order chi connectivity index (χ0) is 20.6. The predicted octanol–water partition coefficient (Wildman–Crippen LogP) is 3.33. The van der Waals surface area contributed by atoms with Crippen LogP contribution in [0.5, 0.6) is 0 Å². The number of carbonyl (C=O) groups excluding carboxylic acids is 1. The number of pyridine rings is 1. The summed E-state index contributed by atoms with van der Waals surface area (Å²) >= 11 is 12.2. The van der Waals surface area contributed by atoms with Gasteiger partial charge in [0.15, 0.2) is 0 Å². The highest BCUT2D eigenvalue weighted by Crippen LogP contribution is 2.36. The van der Waals surface area contributed by atoms with E-state index in [1.807, 2.05) is 25.1 Å². The summed E-state index contributed by atoms with van der Waals surface area (Å²) in [6, 6.07) is 5.86. The second-order valence-corrected chi connectivity index (χ2v) is 8.10. The van der Waals surface area contributed by atoms with Gasteiger partial charge in [-0.2, -0.15) is 0 Å². The van der Waals surface area contributed by atoms with E-state index in [1.165, 1.54) is 6.08 Å². The van der Waals surface area contributed by atoms with Crippen LogP contribution in [-0.4, -0.2) is 48.3 Å². The molecule has 0 aliphatic carbocycles. The molecule has 7 nitrogen and oxygen atoms in total. The van der Waals surface area contributed by atoms with Crippen LogP contribution < -0.4 is 0 Å². The van der Waals surface area contributed by atoms with Crippen LogP contribution in [0, 0.1) is 6.92 Å². The lowest BCUT2D eigenvalue weighted by Crippen LogP contribution is -2.45. The number of hydrogen-bond donors (Lipinski definition) is 2. The molecule has 1 atom stereocenters. The lowest BCUT2D eigenvalue weighted by molar-refractivity contribution is -0.150. The van der Waals surface area contributed by atoms with E-state index in [-0.39, 0.29) is 14.4 Å². The maximum Gasteiger partial charge on any atom is 0.327 e. The van der Waals surface area contributed by atoms with Crippen LogP contribution in [0.3, 0.4) is 0 Å². The normalized spacial score (nSPS) is 16.8. The molecule has 1 amide bonds. The molecule has 0 spiro atoms. The molecule has 2 heterocycles. The van der Waals surface area contributed by atoms with Crippen LogP contribution in [0.1, 0.15) is 17.5 Å². The third-order valence-electron chi connectivity index (χ3n) is 4.03. The number of aryl methyl sites for hydroxylation is 1. The van der Waals surface area contributed by atoms with Gasteiger partial charge in [-0.3, -0.25) is 14.5 Å². The van der Waals surface area contributed by atoms with E-state index in [2.05, 4.69) is 4.98 Å². The molecule has 2 aromatic rings. The predicted molar refractivity (Wildman–Crippen MR) is 110 cm³/mol. The molecule has 1 aromatic carbocycles. The Labute approximate surface area is 174 Å². The topological polar surface area (TPSA) is 108 Å². The number of fused-ring (bicyclic) bond motifs is 1. The fraction of sp³-hybridized carbons (Fsp3) is 0.167. The van der Waals surface area contributed by atoms with Crippen LogP contribution >= 0.6 is 35.6 Å². The maximum atomic E-state index is 12.7. The highest BCUT2D eigenvalue weighted by molar-refractivity contribution is 8.26. The van der Waals surface area contributed by atoms with Gasteiger partial charge in [-0.05, 0) is 31.2 Å². The Kier molecular flexibility index (Phi) is 5.69. The third-order valence-corrected chi connectivity index (χ3v) is 5.66. The zero-order valence-electron chi connectivity index (χ0n) is 14.4. The number of carboxylic acids is 2. The maximum absolute atomic E-state index is 12.7. The summed E-state index contributed by atoms with van der Waals surface area (Å²) in [6.07, 6.45) is 0.725. The average Bonchev–Trinajstić information content (AvgIpc) is 2.87. The van der Waals surface area contributed by atoms with E-state index < -0.39 is 30.3 Å². The van der Waals surface area contributed by atoms with Crippen LogP contribution in [0.25, 0.3) is 17.0 Å². The summed E-state index contributed by atoms with van der Waals surface area (Å²) < 4.78 is -0.0226. The first-order chi connectivity index (χ1) is 13.2. The first kappa shape index (κ1) is 20.2.